The van der Waals surface area contributed by atoms with Gasteiger partial charge >= 0.3 is 18.0 Å². The highest BCUT2D eigenvalue weighted by Crippen LogP contribution is 2.45. The van der Waals surface area contributed by atoms with Gasteiger partial charge in [0.1, 0.15) is 24.7 Å². The Bertz CT molecular complexity index is 1580. The molecule has 1 saturated carbocycles. The maximum atomic E-state index is 14.4. The molecule has 5 atom stereocenters. The molecule has 0 bridgehead atoms. The fourth-order valence-corrected chi connectivity index (χ4v) is 7.94. The van der Waals surface area contributed by atoms with Gasteiger partial charge in [0.2, 0.25) is 5.91 Å². The normalized spacial score (nSPS) is 20.9. The van der Waals surface area contributed by atoms with Crippen molar-refractivity contribution in [1.29, 1.82) is 0 Å². The Hall–Kier alpha value is -4.66. The van der Waals surface area contributed by atoms with E-state index in [1.54, 1.807) is 13.8 Å². The van der Waals surface area contributed by atoms with E-state index in [1.807, 2.05) is 66.7 Å². The molecule has 3 aliphatic rings. The van der Waals surface area contributed by atoms with Crippen LogP contribution in [0.15, 0.2) is 78.9 Å². The summed E-state index contributed by atoms with van der Waals surface area (Å²) in [7, 11) is 0. The molecule has 0 spiro atoms. The van der Waals surface area contributed by atoms with E-state index in [0.29, 0.717) is 19.3 Å². The Balaban J connectivity index is 1.32. The van der Waals surface area contributed by atoms with Gasteiger partial charge in [-0.05, 0) is 79.7 Å². The van der Waals surface area contributed by atoms with Gasteiger partial charge in [0.25, 0.3) is 0 Å². The van der Waals surface area contributed by atoms with E-state index < -0.39 is 42.1 Å². The number of rotatable bonds is 11. The molecule has 3 aromatic rings. The number of benzene rings is 3. The number of aryl methyl sites for hydroxylation is 1. The minimum Gasteiger partial charge on any atom is -0.480 e. The van der Waals surface area contributed by atoms with Crippen molar-refractivity contribution in [3.05, 3.63) is 95.6 Å². The summed E-state index contributed by atoms with van der Waals surface area (Å²) in [6.07, 6.45) is 2.71. The van der Waals surface area contributed by atoms with Crippen molar-refractivity contribution >= 4 is 23.9 Å². The van der Waals surface area contributed by atoms with E-state index in [0.717, 1.165) is 40.7 Å². The first kappa shape index (κ1) is 32.3. The van der Waals surface area contributed by atoms with Crippen LogP contribution in [0.3, 0.4) is 0 Å². The summed E-state index contributed by atoms with van der Waals surface area (Å²) in [5.74, 6) is -2.30. The van der Waals surface area contributed by atoms with Crippen LogP contribution in [-0.4, -0.2) is 76.2 Å². The highest BCUT2D eigenvalue weighted by Gasteiger charge is 2.51. The second kappa shape index (κ2) is 14.0. The third-order valence-electron chi connectivity index (χ3n) is 10.1. The van der Waals surface area contributed by atoms with E-state index in [1.165, 1.54) is 9.80 Å². The highest BCUT2D eigenvalue weighted by molar-refractivity contribution is 5.92. The second-order valence-corrected chi connectivity index (χ2v) is 12.8. The largest absolute Gasteiger partial charge is 0.480 e. The molecule has 2 fully saturated rings. The van der Waals surface area contributed by atoms with Crippen molar-refractivity contribution in [1.82, 2.24) is 9.80 Å². The summed E-state index contributed by atoms with van der Waals surface area (Å²) in [6, 6.07) is 22.1. The molecule has 2 aliphatic carbocycles. The number of aliphatic carboxylic acids is 1. The molecule has 47 heavy (non-hydrogen) atoms. The summed E-state index contributed by atoms with van der Waals surface area (Å²) in [6.45, 7) is 3.36. The van der Waals surface area contributed by atoms with Crippen LogP contribution in [-0.2, 0) is 30.3 Å². The lowest BCUT2D eigenvalue weighted by atomic mass is 9.98. The maximum Gasteiger partial charge on any atom is 0.411 e. The van der Waals surface area contributed by atoms with Gasteiger partial charge in [-0.3, -0.25) is 9.69 Å². The molecule has 246 valence electrons. The van der Waals surface area contributed by atoms with Gasteiger partial charge in [-0.2, -0.15) is 0 Å². The zero-order valence-corrected chi connectivity index (χ0v) is 26.9. The minimum atomic E-state index is -1.17. The van der Waals surface area contributed by atoms with E-state index in [4.69, 9.17) is 9.47 Å². The number of carbonyl (C=O) groups is 4. The predicted octanol–water partition coefficient (Wildman–Crippen LogP) is 6.04. The van der Waals surface area contributed by atoms with Gasteiger partial charge in [-0.1, -0.05) is 85.3 Å². The number of likely N-dealkylation sites (tertiary alicyclic amines) is 1. The number of carbonyl (C=O) groups excluding carboxylic acids is 3. The zero-order valence-electron chi connectivity index (χ0n) is 26.9. The fraction of sp³-hybridized carbons (Fsp3) is 0.421. The first-order chi connectivity index (χ1) is 22.8. The summed E-state index contributed by atoms with van der Waals surface area (Å²) in [5, 5.41) is 10.1. The molecule has 9 nitrogen and oxygen atoms in total. The molecule has 1 heterocycles. The molecule has 0 aromatic heterocycles. The Labute approximate surface area is 275 Å². The Kier molecular flexibility index (Phi) is 9.61. The van der Waals surface area contributed by atoms with Gasteiger partial charge < -0.3 is 19.5 Å². The number of carboxylic acid groups (broad SMARTS) is 1. The van der Waals surface area contributed by atoms with E-state index in [9.17, 15) is 24.3 Å². The van der Waals surface area contributed by atoms with Crippen molar-refractivity contribution in [2.24, 2.45) is 5.92 Å². The van der Waals surface area contributed by atoms with Gasteiger partial charge in [0.15, 0.2) is 0 Å². The standard InChI is InChI=1S/C38H42N2O7/c1-3-46-37(44)33(21-20-25-12-5-4-6-13-25)39(24(2)35(41)40-32-19-11-14-26(32)22-34(40)36(42)43)38(45)47-23-31-29-17-9-7-15-27(29)28-16-8-10-18-30(28)31/h4-10,12-13,15-18,24,26,31-34H,3,11,14,19-23H2,1-2H3,(H,42,43)/t24-,26-,32-,33-,34-/m0/s1. The van der Waals surface area contributed by atoms with Gasteiger partial charge in [-0.25, -0.2) is 14.4 Å². The van der Waals surface area contributed by atoms with Gasteiger partial charge in [0, 0.05) is 12.0 Å². The van der Waals surface area contributed by atoms with Gasteiger partial charge in [0.05, 0.1) is 6.61 Å². The van der Waals surface area contributed by atoms with E-state index in [2.05, 4.69) is 12.1 Å². The molecular weight excluding hydrogens is 596 g/mol. The van der Waals surface area contributed by atoms with Crippen molar-refractivity contribution in [3.63, 3.8) is 0 Å². The summed E-state index contributed by atoms with van der Waals surface area (Å²) in [5.41, 5.74) is 5.20. The van der Waals surface area contributed by atoms with E-state index >= 15 is 0 Å². The quantitative estimate of drug-likeness (QED) is 0.255. The molecule has 6 rings (SSSR count). The van der Waals surface area contributed by atoms with Crippen LogP contribution in [0, 0.1) is 5.92 Å². The van der Waals surface area contributed by atoms with Crippen molar-refractivity contribution in [2.75, 3.05) is 13.2 Å². The number of hydrogen-bond acceptors (Lipinski definition) is 6. The molecule has 0 radical (unpaired) electrons. The molecule has 3 aromatic carbocycles. The summed E-state index contributed by atoms with van der Waals surface area (Å²) >= 11 is 0. The van der Waals surface area contributed by atoms with Crippen LogP contribution in [0.4, 0.5) is 4.79 Å². The number of hydrogen-bond donors (Lipinski definition) is 1. The van der Waals surface area contributed by atoms with Crippen molar-refractivity contribution in [2.45, 2.75) is 82.5 Å². The lowest BCUT2D eigenvalue weighted by Gasteiger charge is -2.38. The molecular formula is C38H42N2O7. The number of amides is 2. The molecule has 0 unspecified atom stereocenters. The first-order valence-corrected chi connectivity index (χ1v) is 16.7. The summed E-state index contributed by atoms with van der Waals surface area (Å²) in [4.78, 5) is 57.3. The van der Waals surface area contributed by atoms with Crippen LogP contribution in [0.5, 0.6) is 0 Å². The van der Waals surface area contributed by atoms with Crippen LogP contribution in [0.1, 0.15) is 68.6 Å². The monoisotopic (exact) mass is 638 g/mol. The number of fused-ring (bicyclic) bond motifs is 4. The van der Waals surface area contributed by atoms with Crippen LogP contribution >= 0.6 is 0 Å². The Morgan fingerprint density at radius 1 is 0.894 bits per heavy atom. The summed E-state index contributed by atoms with van der Waals surface area (Å²) < 4.78 is 11.5. The average molecular weight is 639 g/mol. The van der Waals surface area contributed by atoms with Crippen LogP contribution in [0.2, 0.25) is 0 Å². The number of carboxylic acids is 1. The maximum absolute atomic E-state index is 14.4. The van der Waals surface area contributed by atoms with Crippen LogP contribution < -0.4 is 0 Å². The SMILES string of the molecule is CCOC(=O)[C@H](CCc1ccccc1)N(C(=O)OCC1c2ccccc2-c2ccccc21)[C@@H](C)C(=O)N1[C@H](C(=O)O)C[C@@H]2CCC[C@@H]21. The fourth-order valence-electron chi connectivity index (χ4n) is 7.94. The molecule has 2 amide bonds. The third-order valence-corrected chi connectivity index (χ3v) is 10.1. The van der Waals surface area contributed by atoms with Crippen molar-refractivity contribution in [3.8, 4) is 11.1 Å². The average Bonchev–Trinajstić information content (AvgIpc) is 3.77. The Morgan fingerprint density at radius 2 is 1.53 bits per heavy atom. The van der Waals surface area contributed by atoms with Gasteiger partial charge in [-0.15, -0.1) is 0 Å². The number of nitrogens with zero attached hydrogens (tertiary/aromatic N) is 2. The predicted molar refractivity (Wildman–Crippen MR) is 176 cm³/mol. The van der Waals surface area contributed by atoms with Crippen LogP contribution in [0.25, 0.3) is 11.1 Å². The first-order valence-electron chi connectivity index (χ1n) is 16.7. The minimum absolute atomic E-state index is 0.00463. The Morgan fingerprint density at radius 3 is 2.17 bits per heavy atom. The second-order valence-electron chi connectivity index (χ2n) is 12.8. The highest BCUT2D eigenvalue weighted by atomic mass is 16.6. The van der Waals surface area contributed by atoms with Crippen molar-refractivity contribution < 1.29 is 33.8 Å². The third kappa shape index (κ3) is 6.35. The lowest BCUT2D eigenvalue weighted by Crippen LogP contribution is -2.58. The number of ether oxygens (including phenoxy) is 2. The molecule has 1 aliphatic heterocycles. The number of esters is 1. The van der Waals surface area contributed by atoms with E-state index in [-0.39, 0.29) is 37.5 Å². The molecule has 1 N–H and O–H groups in total. The smallest absolute Gasteiger partial charge is 0.411 e. The molecule has 1 saturated heterocycles. The zero-order chi connectivity index (χ0) is 33.1. The molecule has 9 heteroatoms. The lowest BCUT2D eigenvalue weighted by molar-refractivity contribution is -0.156. The topological polar surface area (TPSA) is 113 Å².